The summed E-state index contributed by atoms with van der Waals surface area (Å²) in [4.78, 5) is 24.9. The zero-order valence-corrected chi connectivity index (χ0v) is 15.9. The quantitative estimate of drug-likeness (QED) is 0.431. The standard InChI is InChI=1S/C20H15BrFNO4/c1-2-26-20(25)17-18(24)16(11-12-8-9-15(22)14(21)10-12)27-19(17)23-13-6-4-3-5-7-13/h3-11,23H,2H2,1H3/b16-11-. The molecule has 0 aliphatic carbocycles. The van der Waals surface area contributed by atoms with Gasteiger partial charge in [0, 0.05) is 5.69 Å². The van der Waals surface area contributed by atoms with E-state index in [9.17, 15) is 14.0 Å². The topological polar surface area (TPSA) is 64.6 Å². The summed E-state index contributed by atoms with van der Waals surface area (Å²) in [7, 11) is 0. The first-order chi connectivity index (χ1) is 13.0. The Labute approximate surface area is 163 Å². The predicted molar refractivity (Wildman–Crippen MR) is 102 cm³/mol. The average molecular weight is 432 g/mol. The van der Waals surface area contributed by atoms with E-state index in [2.05, 4.69) is 21.2 Å². The molecule has 0 unspecified atom stereocenters. The van der Waals surface area contributed by atoms with Gasteiger partial charge in [-0.2, -0.15) is 0 Å². The fraction of sp³-hybridized carbons (Fsp3) is 0.100. The van der Waals surface area contributed by atoms with E-state index in [-0.39, 0.29) is 28.3 Å². The molecule has 27 heavy (non-hydrogen) atoms. The van der Waals surface area contributed by atoms with Gasteiger partial charge in [0.1, 0.15) is 5.82 Å². The Kier molecular flexibility index (Phi) is 5.71. The molecule has 0 atom stereocenters. The molecule has 0 aromatic heterocycles. The third kappa shape index (κ3) is 4.25. The molecule has 1 aliphatic heterocycles. The van der Waals surface area contributed by atoms with E-state index in [0.29, 0.717) is 11.3 Å². The lowest BCUT2D eigenvalue weighted by Crippen LogP contribution is -2.16. The Hall–Kier alpha value is -2.93. The second-order valence-corrected chi connectivity index (χ2v) is 6.38. The number of ether oxygens (including phenoxy) is 2. The molecular weight excluding hydrogens is 417 g/mol. The number of anilines is 1. The molecule has 0 amide bonds. The van der Waals surface area contributed by atoms with Crippen molar-refractivity contribution in [2.45, 2.75) is 6.92 Å². The molecule has 7 heteroatoms. The number of nitrogens with one attached hydrogen (secondary N) is 1. The molecule has 1 aliphatic rings. The largest absolute Gasteiger partial charge is 0.462 e. The molecule has 0 radical (unpaired) electrons. The van der Waals surface area contributed by atoms with Crippen LogP contribution in [0.1, 0.15) is 12.5 Å². The summed E-state index contributed by atoms with van der Waals surface area (Å²) in [5, 5.41) is 2.92. The van der Waals surface area contributed by atoms with E-state index in [1.165, 1.54) is 24.3 Å². The number of rotatable bonds is 5. The van der Waals surface area contributed by atoms with Gasteiger partial charge in [0.05, 0.1) is 11.1 Å². The maximum absolute atomic E-state index is 13.4. The highest BCUT2D eigenvalue weighted by Gasteiger charge is 2.37. The second-order valence-electron chi connectivity index (χ2n) is 5.53. The molecule has 0 fully saturated rings. The smallest absolute Gasteiger partial charge is 0.347 e. The van der Waals surface area contributed by atoms with Crippen LogP contribution >= 0.6 is 15.9 Å². The van der Waals surface area contributed by atoms with Crippen LogP contribution in [0, 0.1) is 5.82 Å². The van der Waals surface area contributed by atoms with Crippen LogP contribution in [-0.2, 0) is 19.1 Å². The molecule has 0 bridgehead atoms. The lowest BCUT2D eigenvalue weighted by molar-refractivity contribution is -0.139. The predicted octanol–water partition coefficient (Wildman–Crippen LogP) is 4.42. The minimum atomic E-state index is -0.774. The molecule has 0 saturated heterocycles. The maximum atomic E-state index is 13.4. The van der Waals surface area contributed by atoms with Crippen molar-refractivity contribution in [3.63, 3.8) is 0 Å². The van der Waals surface area contributed by atoms with Crippen molar-refractivity contribution in [2.75, 3.05) is 11.9 Å². The Morgan fingerprint density at radius 1 is 1.26 bits per heavy atom. The summed E-state index contributed by atoms with van der Waals surface area (Å²) < 4.78 is 24.2. The number of ketones is 1. The summed E-state index contributed by atoms with van der Waals surface area (Å²) in [6.45, 7) is 1.77. The highest BCUT2D eigenvalue weighted by atomic mass is 79.9. The van der Waals surface area contributed by atoms with Crippen molar-refractivity contribution in [1.82, 2.24) is 0 Å². The summed E-state index contributed by atoms with van der Waals surface area (Å²) in [6.07, 6.45) is 1.44. The zero-order valence-electron chi connectivity index (χ0n) is 14.3. The van der Waals surface area contributed by atoms with Crippen LogP contribution in [0.2, 0.25) is 0 Å². The van der Waals surface area contributed by atoms with Gasteiger partial charge in [-0.15, -0.1) is 0 Å². The highest BCUT2D eigenvalue weighted by Crippen LogP contribution is 2.29. The van der Waals surface area contributed by atoms with Gasteiger partial charge in [0.15, 0.2) is 11.3 Å². The van der Waals surface area contributed by atoms with Crippen molar-refractivity contribution in [1.29, 1.82) is 0 Å². The third-order valence-electron chi connectivity index (χ3n) is 3.64. The van der Waals surface area contributed by atoms with Crippen LogP contribution < -0.4 is 5.32 Å². The van der Waals surface area contributed by atoms with Gasteiger partial charge in [-0.25, -0.2) is 9.18 Å². The number of halogens is 2. The first kappa shape index (κ1) is 18.8. The highest BCUT2D eigenvalue weighted by molar-refractivity contribution is 9.10. The SMILES string of the molecule is CCOC(=O)C1=C(Nc2ccccc2)O/C(=C\c2ccc(F)c(Br)c2)C1=O. The first-order valence-corrected chi connectivity index (χ1v) is 8.91. The number of Topliss-reactive ketones (excluding diaryl/α,β-unsaturated/α-hetero) is 1. The molecule has 1 heterocycles. The van der Waals surface area contributed by atoms with Crippen LogP contribution in [0.15, 0.2) is 70.2 Å². The molecule has 138 valence electrons. The molecule has 2 aromatic carbocycles. The van der Waals surface area contributed by atoms with E-state index in [0.717, 1.165) is 0 Å². The minimum absolute atomic E-state index is 0.00271. The number of esters is 1. The number of hydrogen-bond acceptors (Lipinski definition) is 5. The Morgan fingerprint density at radius 3 is 2.67 bits per heavy atom. The van der Waals surface area contributed by atoms with Gasteiger partial charge >= 0.3 is 5.97 Å². The van der Waals surface area contributed by atoms with Gasteiger partial charge in [0.2, 0.25) is 11.7 Å². The van der Waals surface area contributed by atoms with E-state index >= 15 is 0 Å². The number of hydrogen-bond donors (Lipinski definition) is 1. The minimum Gasteiger partial charge on any atom is -0.462 e. The van der Waals surface area contributed by atoms with E-state index in [1.807, 2.05) is 6.07 Å². The van der Waals surface area contributed by atoms with Crippen LogP contribution in [0.3, 0.4) is 0 Å². The molecule has 1 N–H and O–H groups in total. The molecular formula is C20H15BrFNO4. The summed E-state index contributed by atoms with van der Waals surface area (Å²) in [5.41, 5.74) is 0.969. The molecule has 0 spiro atoms. The fourth-order valence-electron chi connectivity index (χ4n) is 2.41. The van der Waals surface area contributed by atoms with Gasteiger partial charge in [-0.05, 0) is 58.8 Å². The first-order valence-electron chi connectivity index (χ1n) is 8.12. The van der Waals surface area contributed by atoms with E-state index in [1.54, 1.807) is 31.2 Å². The van der Waals surface area contributed by atoms with E-state index in [4.69, 9.17) is 9.47 Å². The zero-order chi connectivity index (χ0) is 19.4. The van der Waals surface area contributed by atoms with Crippen LogP contribution in [0.4, 0.5) is 10.1 Å². The summed E-state index contributed by atoms with van der Waals surface area (Å²) in [6, 6.07) is 13.2. The number of benzene rings is 2. The lowest BCUT2D eigenvalue weighted by atomic mass is 10.1. The van der Waals surface area contributed by atoms with Crippen molar-refractivity contribution >= 4 is 39.4 Å². The number of carbonyl (C=O) groups is 2. The van der Waals surface area contributed by atoms with Crippen molar-refractivity contribution in [3.8, 4) is 0 Å². The van der Waals surface area contributed by atoms with Gasteiger partial charge in [-0.1, -0.05) is 24.3 Å². The van der Waals surface area contributed by atoms with Crippen molar-refractivity contribution in [2.24, 2.45) is 0 Å². The van der Waals surface area contributed by atoms with Gasteiger partial charge in [0.25, 0.3) is 0 Å². The van der Waals surface area contributed by atoms with Crippen LogP contribution in [0.25, 0.3) is 6.08 Å². The monoisotopic (exact) mass is 431 g/mol. The van der Waals surface area contributed by atoms with Crippen LogP contribution in [0.5, 0.6) is 0 Å². The van der Waals surface area contributed by atoms with Gasteiger partial charge in [-0.3, -0.25) is 4.79 Å². The maximum Gasteiger partial charge on any atom is 0.347 e. The molecule has 0 saturated carbocycles. The number of para-hydroxylation sites is 1. The Balaban J connectivity index is 1.95. The Morgan fingerprint density at radius 2 is 2.00 bits per heavy atom. The lowest BCUT2D eigenvalue weighted by Gasteiger charge is -2.08. The third-order valence-corrected chi connectivity index (χ3v) is 4.25. The summed E-state index contributed by atoms with van der Waals surface area (Å²) in [5.74, 6) is -1.86. The number of carbonyl (C=O) groups excluding carboxylic acids is 2. The van der Waals surface area contributed by atoms with Crippen LogP contribution in [-0.4, -0.2) is 18.4 Å². The fourth-order valence-corrected chi connectivity index (χ4v) is 2.81. The molecule has 5 nitrogen and oxygen atoms in total. The molecule has 3 rings (SSSR count). The number of allylic oxidation sites excluding steroid dienone is 1. The Bertz CT molecular complexity index is 954. The summed E-state index contributed by atoms with van der Waals surface area (Å²) >= 11 is 3.10. The normalized spacial score (nSPS) is 15.1. The van der Waals surface area contributed by atoms with Gasteiger partial charge < -0.3 is 14.8 Å². The van der Waals surface area contributed by atoms with E-state index < -0.39 is 17.6 Å². The average Bonchev–Trinajstić information content (AvgIpc) is 2.94. The second kappa shape index (κ2) is 8.18. The van der Waals surface area contributed by atoms with Crippen molar-refractivity contribution < 1.29 is 23.5 Å². The van der Waals surface area contributed by atoms with Crippen molar-refractivity contribution in [3.05, 3.63) is 81.6 Å². The molecule has 2 aromatic rings.